The van der Waals surface area contributed by atoms with Crippen LogP contribution >= 0.6 is 0 Å². The topological polar surface area (TPSA) is 160 Å². The second kappa shape index (κ2) is 6.76. The third kappa shape index (κ3) is 3.45. The quantitative estimate of drug-likeness (QED) is 0.353. The molecule has 1 aromatic carbocycles. The van der Waals surface area contributed by atoms with Crippen LogP contribution in [0.15, 0.2) is 24.4 Å². The number of anilines is 1. The highest BCUT2D eigenvalue weighted by Gasteiger charge is 2.16. The SMILES string of the molecule is COC(=O)c1ccc([N+](=O)[O-])cc1NC=C(C#N)c1nn[nH]n1. The number of esters is 1. The standard InChI is InChI=1S/C12H9N7O4/c1-23-12(20)9-3-2-8(19(21)22)4-10(9)14-6-7(5-13)11-15-17-18-16-11/h2-4,6,14H,1H3,(H,15,16,17,18). The molecule has 0 aliphatic heterocycles. The number of methoxy groups -OCH3 is 1. The maximum atomic E-state index is 11.7. The van der Waals surface area contributed by atoms with E-state index < -0.39 is 10.9 Å². The van der Waals surface area contributed by atoms with Gasteiger partial charge in [0.25, 0.3) is 5.69 Å². The molecule has 0 fully saturated rings. The molecule has 0 saturated heterocycles. The van der Waals surface area contributed by atoms with Crippen LogP contribution in [0.3, 0.4) is 0 Å². The number of carbonyl (C=O) groups is 1. The van der Waals surface area contributed by atoms with E-state index in [1.165, 1.54) is 25.4 Å². The molecule has 0 amide bonds. The van der Waals surface area contributed by atoms with Crippen LogP contribution in [-0.4, -0.2) is 38.6 Å². The van der Waals surface area contributed by atoms with Crippen molar-refractivity contribution < 1.29 is 14.5 Å². The van der Waals surface area contributed by atoms with E-state index in [0.29, 0.717) is 0 Å². The fourth-order valence-electron chi connectivity index (χ4n) is 1.63. The molecule has 0 aliphatic carbocycles. The van der Waals surface area contributed by atoms with Crippen molar-refractivity contribution in [1.82, 2.24) is 20.6 Å². The molecule has 116 valence electrons. The number of ether oxygens (including phenoxy) is 1. The number of aromatic amines is 1. The Balaban J connectivity index is 2.40. The Kier molecular flexibility index (Phi) is 4.58. The molecule has 0 radical (unpaired) electrons. The number of non-ortho nitro benzene ring substituents is 1. The molecule has 1 heterocycles. The Hall–Kier alpha value is -3.81. The zero-order chi connectivity index (χ0) is 16.8. The highest BCUT2D eigenvalue weighted by atomic mass is 16.6. The van der Waals surface area contributed by atoms with Gasteiger partial charge in [0.1, 0.15) is 11.6 Å². The molecule has 1 aromatic heterocycles. The van der Waals surface area contributed by atoms with Crippen LogP contribution < -0.4 is 5.32 Å². The fraction of sp³-hybridized carbons (Fsp3) is 0.0833. The number of rotatable bonds is 5. The third-order valence-electron chi connectivity index (χ3n) is 2.70. The number of hydrogen-bond donors (Lipinski definition) is 2. The van der Waals surface area contributed by atoms with Crippen LogP contribution in [0.4, 0.5) is 11.4 Å². The van der Waals surface area contributed by atoms with E-state index in [9.17, 15) is 14.9 Å². The number of allylic oxidation sites excluding steroid dienone is 1. The fourth-order valence-corrected chi connectivity index (χ4v) is 1.63. The number of hydrogen-bond acceptors (Lipinski definition) is 9. The average molecular weight is 315 g/mol. The van der Waals surface area contributed by atoms with Crippen LogP contribution in [0.25, 0.3) is 5.57 Å². The van der Waals surface area contributed by atoms with Crippen molar-refractivity contribution in [2.75, 3.05) is 12.4 Å². The number of benzene rings is 1. The molecule has 11 heteroatoms. The lowest BCUT2D eigenvalue weighted by molar-refractivity contribution is -0.384. The molecular weight excluding hydrogens is 306 g/mol. The van der Waals surface area contributed by atoms with Crippen LogP contribution in [-0.2, 0) is 4.74 Å². The molecule has 0 bridgehead atoms. The lowest BCUT2D eigenvalue weighted by Gasteiger charge is -2.07. The van der Waals surface area contributed by atoms with Gasteiger partial charge in [-0.05, 0) is 11.3 Å². The van der Waals surface area contributed by atoms with Crippen molar-refractivity contribution in [2.24, 2.45) is 0 Å². The van der Waals surface area contributed by atoms with E-state index in [1.807, 2.05) is 6.07 Å². The van der Waals surface area contributed by atoms with Gasteiger partial charge in [0.05, 0.1) is 23.3 Å². The lowest BCUT2D eigenvalue weighted by atomic mass is 10.1. The van der Waals surface area contributed by atoms with Crippen molar-refractivity contribution in [2.45, 2.75) is 0 Å². The molecule has 23 heavy (non-hydrogen) atoms. The number of nitrogens with zero attached hydrogens (tertiary/aromatic N) is 5. The Labute approximate surface area is 128 Å². The van der Waals surface area contributed by atoms with E-state index in [1.54, 1.807) is 0 Å². The van der Waals surface area contributed by atoms with Crippen molar-refractivity contribution >= 4 is 22.9 Å². The first-order valence-electron chi connectivity index (χ1n) is 6.04. The minimum Gasteiger partial charge on any atom is -0.465 e. The Bertz CT molecular complexity index is 807. The molecule has 2 aromatic rings. The summed E-state index contributed by atoms with van der Waals surface area (Å²) in [6.07, 6.45) is 1.20. The minimum atomic E-state index is -0.686. The van der Waals surface area contributed by atoms with Gasteiger partial charge in [-0.3, -0.25) is 10.1 Å². The summed E-state index contributed by atoms with van der Waals surface area (Å²) in [5.74, 6) is -0.654. The molecule has 0 saturated carbocycles. The largest absolute Gasteiger partial charge is 0.465 e. The third-order valence-corrected chi connectivity index (χ3v) is 2.70. The van der Waals surface area contributed by atoms with Gasteiger partial charge in [0.15, 0.2) is 0 Å². The summed E-state index contributed by atoms with van der Waals surface area (Å²) in [5.41, 5.74) is -0.0465. The van der Waals surface area contributed by atoms with Crippen molar-refractivity contribution in [1.29, 1.82) is 5.26 Å². The van der Waals surface area contributed by atoms with E-state index in [2.05, 4.69) is 30.7 Å². The van der Waals surface area contributed by atoms with Crippen LogP contribution in [0.1, 0.15) is 16.2 Å². The van der Waals surface area contributed by atoms with Gasteiger partial charge in [-0.15, -0.1) is 10.2 Å². The van der Waals surface area contributed by atoms with Crippen molar-refractivity contribution in [3.63, 3.8) is 0 Å². The van der Waals surface area contributed by atoms with E-state index in [4.69, 9.17) is 5.26 Å². The van der Waals surface area contributed by atoms with Gasteiger partial charge in [-0.2, -0.15) is 10.5 Å². The maximum absolute atomic E-state index is 11.7. The van der Waals surface area contributed by atoms with E-state index in [-0.39, 0.29) is 28.3 Å². The Morgan fingerprint density at radius 3 is 2.91 bits per heavy atom. The molecule has 0 unspecified atom stereocenters. The predicted molar refractivity (Wildman–Crippen MR) is 75.8 cm³/mol. The van der Waals surface area contributed by atoms with Crippen molar-refractivity contribution in [3.05, 3.63) is 45.9 Å². The zero-order valence-corrected chi connectivity index (χ0v) is 11.7. The number of carbonyl (C=O) groups excluding carboxylic acids is 1. The molecule has 0 spiro atoms. The number of nitriles is 1. The smallest absolute Gasteiger partial charge is 0.339 e. The summed E-state index contributed by atoms with van der Waals surface area (Å²) in [7, 11) is 1.18. The zero-order valence-electron chi connectivity index (χ0n) is 11.7. The first-order valence-corrected chi connectivity index (χ1v) is 6.04. The lowest BCUT2D eigenvalue weighted by Crippen LogP contribution is -2.06. The summed E-state index contributed by atoms with van der Waals surface area (Å²) in [5, 5.41) is 35.4. The number of nitro benzene ring substituents is 1. The van der Waals surface area contributed by atoms with Crippen molar-refractivity contribution in [3.8, 4) is 6.07 Å². The Morgan fingerprint density at radius 1 is 1.57 bits per heavy atom. The number of tetrazole rings is 1. The molecule has 0 atom stereocenters. The van der Waals surface area contributed by atoms with Gasteiger partial charge < -0.3 is 10.1 Å². The summed E-state index contributed by atoms with van der Waals surface area (Å²) >= 11 is 0. The second-order valence-electron chi connectivity index (χ2n) is 4.03. The molecule has 2 rings (SSSR count). The predicted octanol–water partition coefficient (Wildman–Crippen LogP) is 0.871. The van der Waals surface area contributed by atoms with Gasteiger partial charge in [-0.1, -0.05) is 0 Å². The molecule has 11 nitrogen and oxygen atoms in total. The number of aromatic nitrogens is 4. The van der Waals surface area contributed by atoms with E-state index >= 15 is 0 Å². The van der Waals surface area contributed by atoms with Gasteiger partial charge in [-0.25, -0.2) is 4.79 Å². The number of nitrogens with one attached hydrogen (secondary N) is 2. The maximum Gasteiger partial charge on any atom is 0.339 e. The molecular formula is C12H9N7O4. The highest BCUT2D eigenvalue weighted by molar-refractivity contribution is 5.96. The van der Waals surface area contributed by atoms with Gasteiger partial charge in [0.2, 0.25) is 5.82 Å². The van der Waals surface area contributed by atoms with Gasteiger partial charge >= 0.3 is 5.97 Å². The molecule has 2 N–H and O–H groups in total. The number of H-pyrrole nitrogens is 1. The summed E-state index contributed by atoms with van der Waals surface area (Å²) < 4.78 is 4.61. The monoisotopic (exact) mass is 315 g/mol. The minimum absolute atomic E-state index is 0.0149. The highest BCUT2D eigenvalue weighted by Crippen LogP contribution is 2.24. The summed E-state index contributed by atoms with van der Waals surface area (Å²) in [6.45, 7) is 0. The van der Waals surface area contributed by atoms with Crippen LogP contribution in [0.2, 0.25) is 0 Å². The van der Waals surface area contributed by atoms with E-state index in [0.717, 1.165) is 6.07 Å². The summed E-state index contributed by atoms with van der Waals surface area (Å²) in [4.78, 5) is 21.9. The first kappa shape index (κ1) is 15.6. The summed E-state index contributed by atoms with van der Waals surface area (Å²) in [6, 6.07) is 5.41. The first-order chi connectivity index (χ1) is 11.1. The second-order valence-corrected chi connectivity index (χ2v) is 4.03. The average Bonchev–Trinajstić information content (AvgIpc) is 3.09. The number of nitro groups is 1. The van der Waals surface area contributed by atoms with Crippen LogP contribution in [0, 0.1) is 21.4 Å². The normalized spacial score (nSPS) is 10.7. The Morgan fingerprint density at radius 2 is 2.35 bits per heavy atom. The van der Waals surface area contributed by atoms with Gasteiger partial charge in [0, 0.05) is 18.3 Å². The van der Waals surface area contributed by atoms with Crippen LogP contribution in [0.5, 0.6) is 0 Å². The molecule has 0 aliphatic rings.